The van der Waals surface area contributed by atoms with Crippen LogP contribution in [0.4, 0.5) is 0 Å². The van der Waals surface area contributed by atoms with Gasteiger partial charge in [-0.2, -0.15) is 0 Å². The van der Waals surface area contributed by atoms with Gasteiger partial charge in [0.1, 0.15) is 6.61 Å². The van der Waals surface area contributed by atoms with E-state index in [0.29, 0.717) is 6.61 Å². The molecule has 0 atom stereocenters. The molecule has 0 aliphatic carbocycles. The first-order valence-corrected chi connectivity index (χ1v) is 13.2. The number of carbonyl (C=O) groups is 2. The molecule has 0 unspecified atom stereocenters. The second-order valence-corrected chi connectivity index (χ2v) is 9.03. The van der Waals surface area contributed by atoms with Crippen molar-refractivity contribution in [3.05, 3.63) is 34.9 Å². The molecule has 0 bridgehead atoms. The van der Waals surface area contributed by atoms with Gasteiger partial charge in [0.25, 0.3) is 0 Å². The second-order valence-electron chi connectivity index (χ2n) is 9.03. The predicted octanol–water partition coefficient (Wildman–Crippen LogP) is 7.71. The van der Waals surface area contributed by atoms with Crippen LogP contribution in [0.2, 0.25) is 0 Å². The van der Waals surface area contributed by atoms with Gasteiger partial charge in [-0.25, -0.2) is 9.59 Å². The van der Waals surface area contributed by atoms with Crippen LogP contribution in [-0.2, 0) is 4.74 Å². The van der Waals surface area contributed by atoms with Crippen molar-refractivity contribution in [3.63, 3.8) is 0 Å². The highest BCUT2D eigenvalue weighted by Gasteiger charge is 2.11. The molecule has 0 saturated carbocycles. The summed E-state index contributed by atoms with van der Waals surface area (Å²) < 4.78 is 5.52. The lowest BCUT2D eigenvalue weighted by Crippen LogP contribution is -2.04. The van der Waals surface area contributed by atoms with Gasteiger partial charge in [-0.3, -0.25) is 0 Å². The van der Waals surface area contributed by atoms with E-state index < -0.39 is 11.9 Å². The summed E-state index contributed by atoms with van der Waals surface area (Å²) >= 11 is 0. The number of benzene rings is 1. The van der Waals surface area contributed by atoms with Crippen molar-refractivity contribution in [3.8, 4) is 11.8 Å². The van der Waals surface area contributed by atoms with Crippen molar-refractivity contribution in [2.45, 2.75) is 110 Å². The maximum absolute atomic E-state index is 11.3. The molecule has 1 aromatic carbocycles. The molecule has 1 rings (SSSR count). The van der Waals surface area contributed by atoms with E-state index in [2.05, 4.69) is 18.8 Å². The van der Waals surface area contributed by atoms with E-state index >= 15 is 0 Å². The summed E-state index contributed by atoms with van der Waals surface area (Å²) in [5.74, 6) is 3.28. The van der Waals surface area contributed by atoms with Gasteiger partial charge in [0, 0.05) is 12.2 Å². The molecule has 2 N–H and O–H groups in total. The summed E-state index contributed by atoms with van der Waals surface area (Å²) in [7, 11) is 0. The van der Waals surface area contributed by atoms with Gasteiger partial charge in [0.15, 0.2) is 0 Å². The monoisotopic (exact) mass is 472 g/mol. The van der Waals surface area contributed by atoms with Crippen LogP contribution in [0.5, 0.6) is 0 Å². The first-order chi connectivity index (χ1) is 16.6. The van der Waals surface area contributed by atoms with E-state index in [4.69, 9.17) is 9.84 Å². The van der Waals surface area contributed by atoms with E-state index in [9.17, 15) is 14.7 Å². The Balaban J connectivity index is 1.98. The highest BCUT2D eigenvalue weighted by atomic mass is 16.5. The summed E-state index contributed by atoms with van der Waals surface area (Å²) in [6, 6.07) is 3.83. The predicted molar refractivity (Wildman–Crippen MR) is 138 cm³/mol. The third-order valence-electron chi connectivity index (χ3n) is 6.04. The quantitative estimate of drug-likeness (QED) is 0.150. The molecule has 0 radical (unpaired) electrons. The number of carboxylic acids is 2. The van der Waals surface area contributed by atoms with Gasteiger partial charge >= 0.3 is 11.9 Å². The Morgan fingerprint density at radius 3 is 1.71 bits per heavy atom. The highest BCUT2D eigenvalue weighted by molar-refractivity contribution is 5.94. The lowest BCUT2D eigenvalue weighted by molar-refractivity contribution is 0.0681. The maximum atomic E-state index is 11.3. The molecule has 0 spiro atoms. The van der Waals surface area contributed by atoms with Crippen molar-refractivity contribution in [1.29, 1.82) is 0 Å². The zero-order valence-electron chi connectivity index (χ0n) is 21.1. The van der Waals surface area contributed by atoms with E-state index in [1.54, 1.807) is 0 Å². The molecule has 34 heavy (non-hydrogen) atoms. The molecule has 0 aliphatic rings. The minimum atomic E-state index is -1.13. The molecule has 0 aromatic heterocycles. The van der Waals surface area contributed by atoms with Crippen LogP contribution >= 0.6 is 0 Å². The molecule has 0 aliphatic heterocycles. The Morgan fingerprint density at radius 1 is 0.735 bits per heavy atom. The minimum Gasteiger partial charge on any atom is -0.478 e. The lowest BCUT2D eigenvalue weighted by Gasteiger charge is -2.04. The SMILES string of the molecule is CCCCCCCCCCCCCCCCCCOCC#Cc1cc(C(=O)O)ccc1C(=O)O. The molecule has 0 fully saturated rings. The summed E-state index contributed by atoms with van der Waals surface area (Å²) in [6.45, 7) is 3.10. The fourth-order valence-corrected chi connectivity index (χ4v) is 3.97. The molecule has 5 heteroatoms. The maximum Gasteiger partial charge on any atom is 0.336 e. The molecule has 1 aromatic rings. The number of ether oxygens (including phenoxy) is 1. The largest absolute Gasteiger partial charge is 0.478 e. The number of hydrogen-bond acceptors (Lipinski definition) is 3. The number of aromatic carboxylic acids is 2. The molecule has 190 valence electrons. The van der Waals surface area contributed by atoms with Crippen LogP contribution in [0.25, 0.3) is 0 Å². The zero-order chi connectivity index (χ0) is 24.9. The van der Waals surface area contributed by atoms with Gasteiger partial charge in [0.05, 0.1) is 11.1 Å². The Hall–Kier alpha value is -2.32. The van der Waals surface area contributed by atoms with E-state index in [1.807, 2.05) is 0 Å². The number of rotatable bonds is 20. The van der Waals surface area contributed by atoms with Gasteiger partial charge in [-0.1, -0.05) is 115 Å². The first-order valence-electron chi connectivity index (χ1n) is 13.2. The van der Waals surface area contributed by atoms with Crippen LogP contribution in [0, 0.1) is 11.8 Å². The van der Waals surface area contributed by atoms with Crippen LogP contribution in [-0.4, -0.2) is 35.4 Å². The third-order valence-corrected chi connectivity index (χ3v) is 6.04. The summed E-state index contributed by atoms with van der Waals surface area (Å²) in [6.07, 6.45) is 21.3. The van der Waals surface area contributed by atoms with Gasteiger partial charge in [0.2, 0.25) is 0 Å². The van der Waals surface area contributed by atoms with Crippen LogP contribution in [0.1, 0.15) is 136 Å². The summed E-state index contributed by atoms with van der Waals surface area (Å²) in [5.41, 5.74) is 0.206. The normalized spacial score (nSPS) is 10.6. The summed E-state index contributed by atoms with van der Waals surface area (Å²) in [5, 5.41) is 18.3. The van der Waals surface area contributed by atoms with Gasteiger partial charge in [-0.15, -0.1) is 0 Å². The zero-order valence-corrected chi connectivity index (χ0v) is 21.1. The number of unbranched alkanes of at least 4 members (excludes halogenated alkanes) is 15. The Morgan fingerprint density at radius 2 is 1.24 bits per heavy atom. The highest BCUT2D eigenvalue weighted by Crippen LogP contribution is 2.14. The molecular weight excluding hydrogens is 428 g/mol. The topological polar surface area (TPSA) is 83.8 Å². The molecule has 5 nitrogen and oxygen atoms in total. The van der Waals surface area contributed by atoms with Crippen molar-refractivity contribution in [2.75, 3.05) is 13.2 Å². The van der Waals surface area contributed by atoms with Gasteiger partial charge < -0.3 is 14.9 Å². The Labute approximate surface area is 206 Å². The first kappa shape index (κ1) is 29.7. The van der Waals surface area contributed by atoms with Crippen LogP contribution in [0.3, 0.4) is 0 Å². The lowest BCUT2D eigenvalue weighted by atomic mass is 10.0. The average Bonchev–Trinajstić information content (AvgIpc) is 2.82. The molecule has 0 amide bonds. The summed E-state index contributed by atoms with van der Waals surface area (Å²) in [4.78, 5) is 22.3. The van der Waals surface area contributed by atoms with E-state index in [0.717, 1.165) is 12.8 Å². The molecule has 0 heterocycles. The molecular formula is C29H44O5. The fraction of sp³-hybridized carbons (Fsp3) is 0.655. The van der Waals surface area contributed by atoms with Crippen LogP contribution in [0.15, 0.2) is 18.2 Å². The average molecular weight is 473 g/mol. The molecule has 0 saturated heterocycles. The van der Waals surface area contributed by atoms with Crippen LogP contribution < -0.4 is 0 Å². The second kappa shape index (κ2) is 20.1. The standard InChI is InChI=1S/C29H44O5/c1-2-3-4-5-6-7-8-9-10-11-12-13-14-15-16-17-22-34-23-18-19-25-24-26(28(30)31)20-21-27(25)29(32)33/h20-21,24H,2-17,22-23H2,1H3,(H,30,31)(H,32,33). The fourth-order valence-electron chi connectivity index (χ4n) is 3.97. The Kier molecular flexibility index (Phi) is 17.6. The number of carboxylic acid groups (broad SMARTS) is 2. The Bertz CT molecular complexity index is 760. The van der Waals surface area contributed by atoms with Crippen molar-refractivity contribution < 1.29 is 24.5 Å². The van der Waals surface area contributed by atoms with Crippen molar-refractivity contribution in [1.82, 2.24) is 0 Å². The van der Waals surface area contributed by atoms with E-state index in [1.165, 1.54) is 108 Å². The third kappa shape index (κ3) is 14.8. The smallest absolute Gasteiger partial charge is 0.336 e. The van der Waals surface area contributed by atoms with E-state index in [-0.39, 0.29) is 23.3 Å². The minimum absolute atomic E-state index is 0.00435. The number of hydrogen-bond donors (Lipinski definition) is 2. The van der Waals surface area contributed by atoms with Gasteiger partial charge in [-0.05, 0) is 24.6 Å². The van der Waals surface area contributed by atoms with Crippen molar-refractivity contribution >= 4 is 11.9 Å². The van der Waals surface area contributed by atoms with Crippen molar-refractivity contribution in [2.24, 2.45) is 0 Å².